The number of pyridine rings is 2. The van der Waals surface area contributed by atoms with Crippen LogP contribution in [-0.2, 0) is 43.0 Å². The van der Waals surface area contributed by atoms with Gasteiger partial charge in [-0.05, 0) is 146 Å². The van der Waals surface area contributed by atoms with Crippen molar-refractivity contribution in [2.45, 2.75) is 163 Å². The van der Waals surface area contributed by atoms with E-state index in [-0.39, 0.29) is 23.6 Å². The molecule has 2 heterocycles. The topological polar surface area (TPSA) is 127 Å². The smallest absolute Gasteiger partial charge is 0.373 e. The number of ether oxygens (including phenoxy) is 1. The van der Waals surface area contributed by atoms with Gasteiger partial charge >= 0.3 is 6.15 Å². The lowest BCUT2D eigenvalue weighted by Gasteiger charge is -2.34. The highest BCUT2D eigenvalue weighted by atomic mass is 16.5. The zero-order valence-electron chi connectivity index (χ0n) is 45.1. The van der Waals surface area contributed by atoms with E-state index in [2.05, 4.69) is 173 Å². The average molecular weight is 981 g/mol. The first-order valence-electron chi connectivity index (χ1n) is 26.0. The third kappa shape index (κ3) is 14.6. The van der Waals surface area contributed by atoms with E-state index in [1.165, 1.54) is 38.9 Å². The Morgan fingerprint density at radius 2 is 0.836 bits per heavy atom. The highest BCUT2D eigenvalue weighted by Gasteiger charge is 2.32. The highest BCUT2D eigenvalue weighted by Crippen LogP contribution is 2.42. The van der Waals surface area contributed by atoms with Crippen LogP contribution < -0.4 is 0 Å². The van der Waals surface area contributed by atoms with Gasteiger partial charge in [0.15, 0.2) is 0 Å². The molecule has 0 spiro atoms. The third-order valence-corrected chi connectivity index (χ3v) is 15.0. The molecule has 2 aromatic heterocycles. The van der Waals surface area contributed by atoms with Gasteiger partial charge in [-0.2, -0.15) is 9.59 Å². The van der Waals surface area contributed by atoms with Crippen LogP contribution in [0, 0.1) is 37.5 Å². The predicted octanol–water partition coefficient (Wildman–Crippen LogP) is 13.8. The van der Waals surface area contributed by atoms with Crippen LogP contribution in [0.1, 0.15) is 169 Å². The molecule has 0 radical (unpaired) electrons. The fourth-order valence-electron chi connectivity index (χ4n) is 9.55. The van der Waals surface area contributed by atoms with Crippen LogP contribution in [0.3, 0.4) is 0 Å². The van der Waals surface area contributed by atoms with Crippen LogP contribution in [0.5, 0.6) is 0 Å². The van der Waals surface area contributed by atoms with Crippen molar-refractivity contribution in [3.8, 4) is 45.9 Å². The number of aryl methyl sites for hydroxylation is 3. The van der Waals surface area contributed by atoms with E-state index in [0.717, 1.165) is 71.0 Å². The molecule has 8 nitrogen and oxygen atoms in total. The molecule has 73 heavy (non-hydrogen) atoms. The summed E-state index contributed by atoms with van der Waals surface area (Å²) in [5.74, 6) is 12.6. The van der Waals surface area contributed by atoms with Crippen molar-refractivity contribution >= 4 is 12.6 Å². The van der Waals surface area contributed by atoms with Crippen molar-refractivity contribution < 1.29 is 29.3 Å². The number of carbonyl (C=O) groups excluding carboxylic acids is 3. The molecule has 8 heteroatoms. The van der Waals surface area contributed by atoms with Crippen molar-refractivity contribution in [3.05, 3.63) is 177 Å². The largest absolute Gasteiger partial charge is 0.463 e. The van der Waals surface area contributed by atoms with Gasteiger partial charge in [-0.25, -0.2) is 0 Å². The highest BCUT2D eigenvalue weighted by molar-refractivity contribution is 5.65. The Morgan fingerprint density at radius 3 is 1.16 bits per heavy atom. The molecule has 6 aromatic rings. The lowest BCUT2D eigenvalue weighted by molar-refractivity contribution is -0.191. The van der Waals surface area contributed by atoms with Crippen LogP contribution in [0.15, 0.2) is 122 Å². The normalized spacial score (nSPS) is 11.2. The number of hydrogen-bond donors (Lipinski definition) is 2. The minimum absolute atomic E-state index is 0.0493. The van der Waals surface area contributed by atoms with Crippen molar-refractivity contribution in [2.75, 3.05) is 0 Å². The van der Waals surface area contributed by atoms with Crippen LogP contribution in [0.25, 0.3) is 22.3 Å². The summed E-state index contributed by atoms with van der Waals surface area (Å²) in [5, 5.41) is 21.1. The van der Waals surface area contributed by atoms with Gasteiger partial charge in [-0.1, -0.05) is 159 Å². The Labute approximate surface area is 436 Å². The average Bonchev–Trinajstić information content (AvgIpc) is 3.43. The minimum Gasteiger partial charge on any atom is -0.463 e. The molecule has 0 saturated carbocycles. The quantitative estimate of drug-likeness (QED) is 0.0644. The first-order chi connectivity index (χ1) is 35.1. The lowest BCUT2D eigenvalue weighted by Crippen LogP contribution is -2.26. The number of nitrogens with zero attached hydrogens (tertiary/aromatic N) is 2. The Kier molecular flexibility index (Phi) is 22.3. The van der Waals surface area contributed by atoms with E-state index in [4.69, 9.17) is 14.3 Å². The van der Waals surface area contributed by atoms with Gasteiger partial charge in [0.1, 0.15) is 17.8 Å². The van der Waals surface area contributed by atoms with E-state index in [1.54, 1.807) is 6.20 Å². The molecule has 382 valence electrons. The molecule has 0 fully saturated rings. The van der Waals surface area contributed by atoms with Gasteiger partial charge < -0.3 is 14.9 Å². The van der Waals surface area contributed by atoms with E-state index < -0.39 is 11.2 Å². The maximum Gasteiger partial charge on any atom is 0.373 e. The molecule has 0 saturated heterocycles. The molecule has 6 rings (SSSR count). The van der Waals surface area contributed by atoms with Gasteiger partial charge in [0.25, 0.3) is 6.47 Å². The fraction of sp³-hybridized carbons (Fsp3) is 0.385. The minimum atomic E-state index is -0.931. The van der Waals surface area contributed by atoms with Crippen molar-refractivity contribution in [2.24, 2.45) is 0 Å². The third-order valence-electron chi connectivity index (χ3n) is 15.0. The molecule has 0 aliphatic rings. The van der Waals surface area contributed by atoms with Crippen LogP contribution in [0.2, 0.25) is 0 Å². The maximum absolute atomic E-state index is 10.5. The van der Waals surface area contributed by atoms with Gasteiger partial charge in [0.05, 0.1) is 0 Å². The molecular formula is C65H76N2O6. The van der Waals surface area contributed by atoms with E-state index >= 15 is 0 Å². The van der Waals surface area contributed by atoms with E-state index in [0.29, 0.717) is 32.2 Å². The zero-order valence-corrected chi connectivity index (χ0v) is 45.1. The van der Waals surface area contributed by atoms with Crippen molar-refractivity contribution in [1.82, 2.24) is 9.97 Å². The number of benzene rings is 4. The summed E-state index contributed by atoms with van der Waals surface area (Å²) in [6.45, 7) is 24.0. The summed E-state index contributed by atoms with van der Waals surface area (Å²) in [6, 6.07) is 35.1. The molecule has 0 atom stereocenters. The predicted molar refractivity (Wildman–Crippen MR) is 294 cm³/mol. The summed E-state index contributed by atoms with van der Waals surface area (Å²) < 4.78 is 4.87. The summed E-state index contributed by atoms with van der Waals surface area (Å²) in [7, 11) is 0. The fourth-order valence-corrected chi connectivity index (χ4v) is 9.55. The monoisotopic (exact) mass is 981 g/mol. The molecule has 0 aliphatic heterocycles. The molecule has 0 bridgehead atoms. The zero-order chi connectivity index (χ0) is 53.7. The second-order valence-electron chi connectivity index (χ2n) is 18.8. The van der Waals surface area contributed by atoms with Gasteiger partial charge in [0.2, 0.25) is 0 Å². The van der Waals surface area contributed by atoms with Gasteiger partial charge in [-0.3, -0.25) is 14.8 Å². The second kappa shape index (κ2) is 27.8. The number of aliphatic hydroxyl groups is 2. The Bertz CT molecular complexity index is 2870. The number of aromatic nitrogens is 2. The molecular weight excluding hydrogens is 905 g/mol. The van der Waals surface area contributed by atoms with E-state index in [9.17, 15) is 15.0 Å². The summed E-state index contributed by atoms with van der Waals surface area (Å²) in [5.41, 5.74) is 14.0. The first kappa shape index (κ1) is 58.6. The van der Waals surface area contributed by atoms with Crippen molar-refractivity contribution in [3.63, 3.8) is 0 Å². The summed E-state index contributed by atoms with van der Waals surface area (Å²) >= 11 is 0. The standard InChI is InChI=1S/C32H37NO3.C32H39NO.CO2/c1-6-31(35,7-2)17-16-26-10-15-30(18-24(26)5)32(8-3,9-4)29-13-11-27(12-14-29)28-19-25(20-33-21-28)22-36-23-34;1-7-25-21-28(23-33-22-25)27-13-15-29(16-14-27)32(10-4,11-5)30-17-12-26(24(6)20-30)18-19-31(34,8-2)9-3;2-1-3/h10-15,18-21,23,35H,6-9,22H2,1-5H3;12-17,20-23,34H,7-11H2,1-6H3;. The maximum atomic E-state index is 10.5. The van der Waals surface area contributed by atoms with Crippen molar-refractivity contribution in [1.29, 1.82) is 0 Å². The molecule has 0 aliphatic carbocycles. The number of rotatable bonds is 18. The lowest BCUT2D eigenvalue weighted by atomic mass is 9.70. The van der Waals surface area contributed by atoms with Crippen LogP contribution >= 0.6 is 0 Å². The van der Waals surface area contributed by atoms with E-state index in [1.807, 2.05) is 52.4 Å². The summed E-state index contributed by atoms with van der Waals surface area (Å²) in [4.78, 5) is 35.5. The molecule has 0 unspecified atom stereocenters. The SMILES string of the molecule is CCC(O)(C#Cc1ccc(C(CC)(CC)c2ccc(-c3cncc(COC=O)c3)cc2)cc1C)CC.CCc1cncc(-c2ccc(C(CC)(CC)c3ccc(C#CC(O)(CC)CC)c(C)c3)cc2)c1.O=C=O. The Balaban J connectivity index is 0.000000301. The van der Waals surface area contributed by atoms with Gasteiger partial charge in [-0.15, -0.1) is 0 Å². The second-order valence-corrected chi connectivity index (χ2v) is 18.8. The molecule has 0 amide bonds. The summed E-state index contributed by atoms with van der Waals surface area (Å²) in [6.07, 6.45) is 15.2. The Hall–Kier alpha value is -6.93. The molecule has 4 aromatic carbocycles. The van der Waals surface area contributed by atoms with Crippen LogP contribution in [-0.4, -0.2) is 44.0 Å². The number of carbonyl (C=O) groups is 1. The first-order valence-corrected chi connectivity index (χ1v) is 26.0. The Morgan fingerprint density at radius 1 is 0.479 bits per heavy atom. The van der Waals surface area contributed by atoms with Gasteiger partial charge in [0, 0.05) is 63.4 Å². The number of hydrogen-bond acceptors (Lipinski definition) is 8. The van der Waals surface area contributed by atoms with Crippen LogP contribution in [0.4, 0.5) is 0 Å². The molecule has 2 N–H and O–H groups in total.